The Morgan fingerprint density at radius 3 is 2.39 bits per heavy atom. The minimum absolute atomic E-state index is 0.0152. The number of hydrogen-bond acceptors (Lipinski definition) is 6. The Kier molecular flexibility index (Phi) is 7.21. The minimum atomic E-state index is -3.67. The molecule has 0 aliphatic carbocycles. The molecule has 2 rings (SSSR count). The van der Waals surface area contributed by atoms with Crippen molar-refractivity contribution >= 4 is 54.8 Å². The van der Waals surface area contributed by atoms with Crippen LogP contribution in [0.5, 0.6) is 5.75 Å². The maximum Gasteiger partial charge on any atom is 0.264 e. The van der Waals surface area contributed by atoms with Gasteiger partial charge in [-0.2, -0.15) is 0 Å². The topological polar surface area (TPSA) is 96.0 Å². The number of hydrogen-bond donors (Lipinski definition) is 1. The van der Waals surface area contributed by atoms with Gasteiger partial charge in [0.25, 0.3) is 5.91 Å². The Balaban J connectivity index is 2.17. The van der Waals surface area contributed by atoms with E-state index >= 15 is 0 Å². The summed E-state index contributed by atoms with van der Waals surface area (Å²) in [6.45, 7) is -0.206. The number of likely N-dealkylation sites (N-methyl/N-ethyl adjacent to an activating group) is 1. The molecule has 152 valence electrons. The van der Waals surface area contributed by atoms with Gasteiger partial charge in [0.05, 0.1) is 32.9 Å². The summed E-state index contributed by atoms with van der Waals surface area (Å²) >= 11 is 4.57. The summed E-state index contributed by atoms with van der Waals surface area (Å²) in [5.74, 6) is -0.465. The molecule has 0 bridgehead atoms. The number of methoxy groups -OCH3 is 1. The number of benzene rings is 1. The molecule has 1 aromatic heterocycles. The van der Waals surface area contributed by atoms with Gasteiger partial charge in [-0.1, -0.05) is 0 Å². The van der Waals surface area contributed by atoms with Gasteiger partial charge in [0.15, 0.2) is 0 Å². The minimum Gasteiger partial charge on any atom is -0.495 e. The summed E-state index contributed by atoms with van der Waals surface area (Å²) in [6, 6.07) is 7.61. The van der Waals surface area contributed by atoms with Crippen LogP contribution in [0.25, 0.3) is 0 Å². The first-order valence-electron chi connectivity index (χ1n) is 7.97. The van der Waals surface area contributed by atoms with E-state index in [0.29, 0.717) is 10.6 Å². The summed E-state index contributed by atoms with van der Waals surface area (Å²) < 4.78 is 31.7. The summed E-state index contributed by atoms with van der Waals surface area (Å²) in [6.07, 6.45) is 0. The highest BCUT2D eigenvalue weighted by molar-refractivity contribution is 9.11. The SMILES string of the molecule is COc1ccc(S(=O)(=O)N(C)C)cc1NC(=O)CN(C)C(=O)c1ccc(Br)s1. The van der Waals surface area contributed by atoms with E-state index in [4.69, 9.17) is 4.74 Å². The van der Waals surface area contributed by atoms with Crippen molar-refractivity contribution in [2.24, 2.45) is 0 Å². The van der Waals surface area contributed by atoms with Crippen LogP contribution in [-0.2, 0) is 14.8 Å². The quantitative estimate of drug-likeness (QED) is 0.644. The highest BCUT2D eigenvalue weighted by atomic mass is 79.9. The van der Waals surface area contributed by atoms with E-state index in [1.165, 1.54) is 62.7 Å². The molecule has 1 N–H and O–H groups in total. The number of amides is 2. The third-order valence-electron chi connectivity index (χ3n) is 3.74. The lowest BCUT2D eigenvalue weighted by atomic mass is 10.3. The van der Waals surface area contributed by atoms with Crippen molar-refractivity contribution in [1.29, 1.82) is 0 Å². The van der Waals surface area contributed by atoms with Crippen LogP contribution >= 0.6 is 27.3 Å². The molecular weight excluding hydrogens is 470 g/mol. The van der Waals surface area contributed by atoms with Gasteiger partial charge < -0.3 is 15.0 Å². The second kappa shape index (κ2) is 9.03. The predicted molar refractivity (Wildman–Crippen MR) is 111 cm³/mol. The Morgan fingerprint density at radius 1 is 1.18 bits per heavy atom. The summed E-state index contributed by atoms with van der Waals surface area (Å²) in [5, 5.41) is 2.61. The van der Waals surface area contributed by atoms with Gasteiger partial charge in [-0.25, -0.2) is 12.7 Å². The molecule has 1 aromatic carbocycles. The zero-order valence-electron chi connectivity index (χ0n) is 15.7. The summed E-state index contributed by atoms with van der Waals surface area (Å²) in [5.41, 5.74) is 0.204. The average molecular weight is 490 g/mol. The monoisotopic (exact) mass is 489 g/mol. The van der Waals surface area contributed by atoms with Crippen LogP contribution in [-0.4, -0.2) is 64.2 Å². The third kappa shape index (κ3) is 5.10. The molecule has 0 fully saturated rings. The van der Waals surface area contributed by atoms with E-state index in [-0.39, 0.29) is 23.0 Å². The van der Waals surface area contributed by atoms with Gasteiger partial charge in [-0.05, 0) is 46.3 Å². The smallest absolute Gasteiger partial charge is 0.264 e. The van der Waals surface area contributed by atoms with Crippen molar-refractivity contribution in [3.63, 3.8) is 0 Å². The second-order valence-electron chi connectivity index (χ2n) is 5.96. The van der Waals surface area contributed by atoms with Crippen molar-refractivity contribution in [2.75, 3.05) is 40.1 Å². The zero-order valence-corrected chi connectivity index (χ0v) is 18.9. The predicted octanol–water partition coefficient (Wildman–Crippen LogP) is 2.48. The number of carbonyl (C=O) groups is 2. The molecule has 0 aliphatic heterocycles. The molecule has 11 heteroatoms. The molecule has 2 aromatic rings. The lowest BCUT2D eigenvalue weighted by Gasteiger charge is -2.18. The Labute approximate surface area is 176 Å². The molecular formula is C17H20BrN3O5S2. The molecule has 2 amide bonds. The number of rotatable bonds is 7. The van der Waals surface area contributed by atoms with Crippen LogP contribution in [0.2, 0.25) is 0 Å². The van der Waals surface area contributed by atoms with Crippen LogP contribution in [0.4, 0.5) is 5.69 Å². The normalized spacial score (nSPS) is 11.4. The van der Waals surface area contributed by atoms with Gasteiger partial charge in [0.1, 0.15) is 5.75 Å². The van der Waals surface area contributed by atoms with Crippen LogP contribution in [0, 0.1) is 0 Å². The molecule has 0 spiro atoms. The summed E-state index contributed by atoms with van der Waals surface area (Å²) in [7, 11) is 2.09. The van der Waals surface area contributed by atoms with E-state index in [0.717, 1.165) is 8.09 Å². The van der Waals surface area contributed by atoms with E-state index in [1.54, 1.807) is 12.1 Å². The molecule has 0 atom stereocenters. The number of nitrogens with zero attached hydrogens (tertiary/aromatic N) is 2. The van der Waals surface area contributed by atoms with Gasteiger partial charge in [0, 0.05) is 21.1 Å². The molecule has 8 nitrogen and oxygen atoms in total. The maximum absolute atomic E-state index is 12.4. The van der Waals surface area contributed by atoms with Crippen LogP contribution in [0.1, 0.15) is 9.67 Å². The number of carbonyl (C=O) groups excluding carboxylic acids is 2. The number of halogens is 1. The van der Waals surface area contributed by atoms with E-state index in [9.17, 15) is 18.0 Å². The average Bonchev–Trinajstić information content (AvgIpc) is 3.06. The molecule has 0 aliphatic rings. The molecule has 0 saturated heterocycles. The largest absolute Gasteiger partial charge is 0.495 e. The standard InChI is InChI=1S/C17H20BrN3O5S2/c1-20(2)28(24,25)11-5-6-13(26-4)12(9-11)19-16(22)10-21(3)17(23)14-7-8-15(18)27-14/h5-9H,10H2,1-4H3,(H,19,22). The van der Waals surface area contributed by atoms with Gasteiger partial charge in [0.2, 0.25) is 15.9 Å². The van der Waals surface area contributed by atoms with Crippen molar-refractivity contribution in [1.82, 2.24) is 9.21 Å². The van der Waals surface area contributed by atoms with Crippen molar-refractivity contribution in [3.8, 4) is 5.75 Å². The lowest BCUT2D eigenvalue weighted by Crippen LogP contribution is -2.34. The van der Waals surface area contributed by atoms with Gasteiger partial charge in [-0.15, -0.1) is 11.3 Å². The molecule has 1 heterocycles. The van der Waals surface area contributed by atoms with Crippen molar-refractivity contribution in [2.45, 2.75) is 4.90 Å². The van der Waals surface area contributed by atoms with Crippen LogP contribution in [0.3, 0.4) is 0 Å². The fourth-order valence-electron chi connectivity index (χ4n) is 2.25. The highest BCUT2D eigenvalue weighted by Crippen LogP contribution is 2.28. The zero-order chi connectivity index (χ0) is 21.1. The van der Waals surface area contributed by atoms with Crippen molar-refractivity contribution in [3.05, 3.63) is 39.0 Å². The molecule has 0 radical (unpaired) electrons. The Bertz CT molecular complexity index is 988. The lowest BCUT2D eigenvalue weighted by molar-refractivity contribution is -0.116. The van der Waals surface area contributed by atoms with E-state index < -0.39 is 15.9 Å². The summed E-state index contributed by atoms with van der Waals surface area (Å²) in [4.78, 5) is 26.5. The Hall–Kier alpha value is -1.95. The maximum atomic E-state index is 12.4. The number of ether oxygens (including phenoxy) is 1. The van der Waals surface area contributed by atoms with Gasteiger partial charge >= 0.3 is 0 Å². The van der Waals surface area contributed by atoms with Crippen molar-refractivity contribution < 1.29 is 22.7 Å². The van der Waals surface area contributed by atoms with E-state index in [2.05, 4.69) is 21.2 Å². The second-order valence-corrected chi connectivity index (χ2v) is 10.6. The number of anilines is 1. The van der Waals surface area contributed by atoms with Crippen LogP contribution < -0.4 is 10.1 Å². The first-order chi connectivity index (χ1) is 13.1. The molecule has 28 heavy (non-hydrogen) atoms. The number of nitrogens with one attached hydrogen (secondary N) is 1. The van der Waals surface area contributed by atoms with Gasteiger partial charge in [-0.3, -0.25) is 9.59 Å². The third-order valence-corrected chi connectivity index (χ3v) is 7.16. The number of sulfonamides is 1. The van der Waals surface area contributed by atoms with Crippen LogP contribution in [0.15, 0.2) is 39.0 Å². The first kappa shape index (κ1) is 22.3. The van der Waals surface area contributed by atoms with E-state index in [1.807, 2.05) is 0 Å². The fourth-order valence-corrected chi connectivity index (χ4v) is 4.56. The number of thiophene rings is 1. The molecule has 0 saturated carbocycles. The Morgan fingerprint density at radius 2 is 1.86 bits per heavy atom. The first-order valence-corrected chi connectivity index (χ1v) is 11.0. The molecule has 0 unspecified atom stereocenters. The highest BCUT2D eigenvalue weighted by Gasteiger charge is 2.21. The fraction of sp³-hybridized carbons (Fsp3) is 0.294.